The van der Waals surface area contributed by atoms with E-state index in [1.54, 1.807) is 7.11 Å². The summed E-state index contributed by atoms with van der Waals surface area (Å²) in [6, 6.07) is 0.368. The van der Waals surface area contributed by atoms with E-state index in [2.05, 4.69) is 5.32 Å². The summed E-state index contributed by atoms with van der Waals surface area (Å²) >= 11 is 0. The average Bonchev–Trinajstić information content (AvgIpc) is 2.49. The van der Waals surface area contributed by atoms with E-state index < -0.39 is 5.60 Å². The summed E-state index contributed by atoms with van der Waals surface area (Å²) in [4.78, 5) is 13.9. The number of nitrogens with one attached hydrogen (secondary N) is 1. The first kappa shape index (κ1) is 20.2. The normalized spacial score (nSPS) is 18.0. The molecule has 0 radical (unpaired) electrons. The lowest BCUT2D eigenvalue weighted by molar-refractivity contribution is 0.0182. The minimum atomic E-state index is -0.425. The largest absolute Gasteiger partial charge is 0.444 e. The molecule has 1 rings (SSSR count). The van der Waals surface area contributed by atoms with Gasteiger partial charge in [-0.05, 0) is 65.5 Å². The van der Waals surface area contributed by atoms with Gasteiger partial charge >= 0.3 is 6.09 Å². The highest BCUT2D eigenvalue weighted by atomic mass is 16.6. The molecule has 136 valence electrons. The van der Waals surface area contributed by atoms with Gasteiger partial charge in [0.15, 0.2) is 0 Å². The average molecular weight is 329 g/mol. The van der Waals surface area contributed by atoms with Crippen LogP contribution in [0.25, 0.3) is 0 Å². The standard InChI is InChI=1S/C17H35N3O3/c1-17(2,3)23-16(21)20-10-7-14(8-11-20)12-19-15(13-22-4)6-5-9-18/h14-15,19H,5-13,18H2,1-4H3. The van der Waals surface area contributed by atoms with Crippen molar-refractivity contribution >= 4 is 6.09 Å². The molecule has 0 aromatic carbocycles. The third-order valence-corrected chi connectivity index (χ3v) is 4.09. The van der Waals surface area contributed by atoms with Crippen molar-refractivity contribution < 1.29 is 14.3 Å². The smallest absolute Gasteiger partial charge is 0.410 e. The number of rotatable bonds is 8. The second kappa shape index (κ2) is 10.1. The number of piperidine rings is 1. The number of nitrogens with two attached hydrogens (primary N) is 1. The molecule has 1 atom stereocenters. The van der Waals surface area contributed by atoms with E-state index in [0.29, 0.717) is 12.0 Å². The minimum Gasteiger partial charge on any atom is -0.444 e. The van der Waals surface area contributed by atoms with Gasteiger partial charge in [-0.25, -0.2) is 4.79 Å². The lowest BCUT2D eigenvalue weighted by atomic mass is 9.96. The fourth-order valence-electron chi connectivity index (χ4n) is 2.79. The molecule has 1 aliphatic rings. The van der Waals surface area contributed by atoms with E-state index in [-0.39, 0.29) is 6.09 Å². The minimum absolute atomic E-state index is 0.191. The number of amides is 1. The van der Waals surface area contributed by atoms with Crippen LogP contribution in [-0.2, 0) is 9.47 Å². The predicted molar refractivity (Wildman–Crippen MR) is 92.5 cm³/mol. The molecule has 1 heterocycles. The highest BCUT2D eigenvalue weighted by Gasteiger charge is 2.27. The van der Waals surface area contributed by atoms with E-state index in [1.165, 1.54) is 0 Å². The van der Waals surface area contributed by atoms with Gasteiger partial charge in [-0.2, -0.15) is 0 Å². The number of methoxy groups -OCH3 is 1. The van der Waals surface area contributed by atoms with Crippen molar-refractivity contribution in [1.29, 1.82) is 0 Å². The van der Waals surface area contributed by atoms with Gasteiger partial charge < -0.3 is 25.4 Å². The predicted octanol–water partition coefficient (Wildman–Crippen LogP) is 1.98. The Kier molecular flexibility index (Phi) is 8.87. The van der Waals surface area contributed by atoms with Gasteiger partial charge in [0.05, 0.1) is 6.61 Å². The van der Waals surface area contributed by atoms with Gasteiger partial charge in [-0.15, -0.1) is 0 Å². The molecule has 6 nitrogen and oxygen atoms in total. The van der Waals surface area contributed by atoms with Crippen molar-refractivity contribution in [3.8, 4) is 0 Å². The van der Waals surface area contributed by atoms with E-state index in [4.69, 9.17) is 15.2 Å². The van der Waals surface area contributed by atoms with Gasteiger partial charge in [0, 0.05) is 26.2 Å². The first-order chi connectivity index (χ1) is 10.9. The van der Waals surface area contributed by atoms with Crippen LogP contribution in [0, 0.1) is 5.92 Å². The Balaban J connectivity index is 2.28. The van der Waals surface area contributed by atoms with Crippen LogP contribution in [0.5, 0.6) is 0 Å². The number of hydrogen-bond donors (Lipinski definition) is 2. The maximum absolute atomic E-state index is 12.0. The van der Waals surface area contributed by atoms with Crippen molar-refractivity contribution in [3.05, 3.63) is 0 Å². The Bertz CT molecular complexity index is 336. The van der Waals surface area contributed by atoms with Crippen LogP contribution in [0.3, 0.4) is 0 Å². The molecule has 3 N–H and O–H groups in total. The third kappa shape index (κ3) is 8.53. The molecule has 6 heteroatoms. The molecule has 0 aromatic rings. The molecule has 0 aromatic heterocycles. The van der Waals surface area contributed by atoms with Crippen molar-refractivity contribution in [2.75, 3.05) is 39.9 Å². The molecule has 1 saturated heterocycles. The quantitative estimate of drug-likeness (QED) is 0.712. The summed E-state index contributed by atoms with van der Waals surface area (Å²) in [6.07, 6.45) is 3.90. The summed E-state index contributed by atoms with van der Waals surface area (Å²) in [7, 11) is 1.73. The zero-order valence-corrected chi connectivity index (χ0v) is 15.3. The number of nitrogens with zero attached hydrogens (tertiary/aromatic N) is 1. The Morgan fingerprint density at radius 3 is 2.52 bits per heavy atom. The van der Waals surface area contributed by atoms with Gasteiger partial charge in [0.1, 0.15) is 5.60 Å². The molecule has 0 bridgehead atoms. The first-order valence-electron chi connectivity index (χ1n) is 8.76. The highest BCUT2D eigenvalue weighted by Crippen LogP contribution is 2.19. The molecule has 23 heavy (non-hydrogen) atoms. The molecule has 1 fully saturated rings. The monoisotopic (exact) mass is 329 g/mol. The van der Waals surface area contributed by atoms with Gasteiger partial charge in [0.25, 0.3) is 0 Å². The second-order valence-corrected chi connectivity index (χ2v) is 7.40. The lowest BCUT2D eigenvalue weighted by Crippen LogP contribution is -2.44. The van der Waals surface area contributed by atoms with E-state index in [9.17, 15) is 4.79 Å². The lowest BCUT2D eigenvalue weighted by Gasteiger charge is -2.34. The van der Waals surface area contributed by atoms with Crippen LogP contribution in [-0.4, -0.2) is 62.5 Å². The Morgan fingerprint density at radius 1 is 1.35 bits per heavy atom. The maximum atomic E-state index is 12.0. The Hall–Kier alpha value is -0.850. The Labute approximate surface area is 141 Å². The fourth-order valence-corrected chi connectivity index (χ4v) is 2.79. The topological polar surface area (TPSA) is 76.8 Å². The van der Waals surface area contributed by atoms with Crippen LogP contribution < -0.4 is 11.1 Å². The first-order valence-corrected chi connectivity index (χ1v) is 8.76. The van der Waals surface area contributed by atoms with E-state index >= 15 is 0 Å². The summed E-state index contributed by atoms with van der Waals surface area (Å²) in [5, 5.41) is 3.59. The molecular formula is C17H35N3O3. The van der Waals surface area contributed by atoms with Crippen LogP contribution >= 0.6 is 0 Å². The van der Waals surface area contributed by atoms with E-state index in [0.717, 1.165) is 58.5 Å². The van der Waals surface area contributed by atoms with Crippen LogP contribution in [0.1, 0.15) is 46.5 Å². The molecule has 1 amide bonds. The molecular weight excluding hydrogens is 294 g/mol. The van der Waals surface area contributed by atoms with Crippen molar-refractivity contribution in [1.82, 2.24) is 10.2 Å². The van der Waals surface area contributed by atoms with Crippen molar-refractivity contribution in [2.45, 2.75) is 58.1 Å². The van der Waals surface area contributed by atoms with Gasteiger partial charge in [-0.1, -0.05) is 0 Å². The third-order valence-electron chi connectivity index (χ3n) is 4.09. The molecule has 0 saturated carbocycles. The van der Waals surface area contributed by atoms with Crippen molar-refractivity contribution in [3.63, 3.8) is 0 Å². The number of ether oxygens (including phenoxy) is 2. The highest BCUT2D eigenvalue weighted by molar-refractivity contribution is 5.68. The number of carbonyl (C=O) groups excluding carboxylic acids is 1. The summed E-state index contributed by atoms with van der Waals surface area (Å²) in [5.74, 6) is 0.603. The van der Waals surface area contributed by atoms with Crippen LogP contribution in [0.4, 0.5) is 4.79 Å². The van der Waals surface area contributed by atoms with Crippen LogP contribution in [0.2, 0.25) is 0 Å². The molecule has 0 aliphatic carbocycles. The summed E-state index contributed by atoms with van der Waals surface area (Å²) < 4.78 is 10.7. The zero-order valence-electron chi connectivity index (χ0n) is 15.3. The SMILES string of the molecule is COCC(CCCN)NCC1CCN(C(=O)OC(C)(C)C)CC1. The number of likely N-dealkylation sites (tertiary alicyclic amines) is 1. The fraction of sp³-hybridized carbons (Fsp3) is 0.941. The molecule has 0 spiro atoms. The summed E-state index contributed by atoms with van der Waals surface area (Å²) in [5.41, 5.74) is 5.16. The molecule has 1 unspecified atom stereocenters. The zero-order chi connectivity index (χ0) is 17.3. The summed E-state index contributed by atoms with van der Waals surface area (Å²) in [6.45, 7) is 9.67. The van der Waals surface area contributed by atoms with E-state index in [1.807, 2.05) is 25.7 Å². The number of carbonyl (C=O) groups is 1. The van der Waals surface area contributed by atoms with Crippen LogP contribution in [0.15, 0.2) is 0 Å². The Morgan fingerprint density at radius 2 is 2.00 bits per heavy atom. The van der Waals surface area contributed by atoms with Gasteiger partial charge in [0.2, 0.25) is 0 Å². The second-order valence-electron chi connectivity index (χ2n) is 7.40. The van der Waals surface area contributed by atoms with Gasteiger partial charge in [-0.3, -0.25) is 0 Å². The van der Waals surface area contributed by atoms with Crippen molar-refractivity contribution in [2.24, 2.45) is 11.7 Å². The molecule has 1 aliphatic heterocycles. The maximum Gasteiger partial charge on any atom is 0.410 e. The number of hydrogen-bond acceptors (Lipinski definition) is 5.